The van der Waals surface area contributed by atoms with Crippen molar-refractivity contribution in [1.29, 1.82) is 0 Å². The van der Waals surface area contributed by atoms with E-state index in [1.807, 2.05) is 37.3 Å². The van der Waals surface area contributed by atoms with Gasteiger partial charge in [-0.2, -0.15) is 0 Å². The van der Waals surface area contributed by atoms with Gasteiger partial charge in [-0.05, 0) is 67.9 Å². The number of hydrogen-bond donors (Lipinski definition) is 0. The molecular formula is C22H17NO2S. The number of ether oxygens (including phenoxy) is 1. The summed E-state index contributed by atoms with van der Waals surface area (Å²) in [5.41, 5.74) is 4.90. The topological polar surface area (TPSA) is 39.2 Å². The number of thiazole rings is 1. The minimum atomic E-state index is -0.354. The number of hydrogen-bond acceptors (Lipinski definition) is 4. The maximum Gasteiger partial charge on any atom is 0.343 e. The average molecular weight is 359 g/mol. The van der Waals surface area contributed by atoms with Crippen molar-refractivity contribution in [3.8, 4) is 16.3 Å². The van der Waals surface area contributed by atoms with Crippen LogP contribution in [-0.2, 0) is 0 Å². The number of benzene rings is 3. The van der Waals surface area contributed by atoms with E-state index in [9.17, 15) is 4.79 Å². The molecular weight excluding hydrogens is 342 g/mol. The largest absolute Gasteiger partial charge is 0.423 e. The third kappa shape index (κ3) is 3.37. The number of esters is 1. The fraction of sp³-hybridized carbons (Fsp3) is 0.0909. The fourth-order valence-electron chi connectivity index (χ4n) is 2.68. The Balaban J connectivity index is 1.54. The van der Waals surface area contributed by atoms with Gasteiger partial charge >= 0.3 is 5.97 Å². The van der Waals surface area contributed by atoms with Gasteiger partial charge in [0.1, 0.15) is 10.8 Å². The molecule has 0 aliphatic carbocycles. The van der Waals surface area contributed by atoms with E-state index in [1.165, 1.54) is 10.3 Å². The van der Waals surface area contributed by atoms with Crippen molar-refractivity contribution >= 4 is 27.5 Å². The minimum Gasteiger partial charge on any atom is -0.423 e. The zero-order valence-corrected chi connectivity index (χ0v) is 15.3. The standard InChI is InChI=1S/C22H17NO2S/c1-14-3-6-17(7-4-14)22(24)25-18-10-8-16(9-11-18)21-23-19-12-5-15(2)13-20(19)26-21/h3-13H,1-2H3. The van der Waals surface area contributed by atoms with E-state index in [0.717, 1.165) is 21.7 Å². The second-order valence-corrected chi connectivity index (χ2v) is 7.30. The molecule has 0 amide bonds. The lowest BCUT2D eigenvalue weighted by Gasteiger charge is -2.05. The number of carbonyl (C=O) groups excluding carboxylic acids is 1. The highest BCUT2D eigenvalue weighted by molar-refractivity contribution is 7.21. The van der Waals surface area contributed by atoms with Crippen LogP contribution >= 0.6 is 11.3 Å². The molecule has 0 atom stereocenters. The highest BCUT2D eigenvalue weighted by atomic mass is 32.1. The van der Waals surface area contributed by atoms with E-state index in [-0.39, 0.29) is 5.97 Å². The lowest BCUT2D eigenvalue weighted by molar-refractivity contribution is 0.0735. The molecule has 0 unspecified atom stereocenters. The smallest absolute Gasteiger partial charge is 0.343 e. The van der Waals surface area contributed by atoms with Crippen LogP contribution in [-0.4, -0.2) is 11.0 Å². The van der Waals surface area contributed by atoms with Crippen LogP contribution in [0.3, 0.4) is 0 Å². The second kappa shape index (κ2) is 6.73. The molecule has 4 heteroatoms. The molecule has 0 spiro atoms. The Morgan fingerprint density at radius 1 is 0.885 bits per heavy atom. The van der Waals surface area contributed by atoms with Gasteiger partial charge in [-0.15, -0.1) is 11.3 Å². The molecule has 1 aromatic heterocycles. The molecule has 0 radical (unpaired) electrons. The van der Waals surface area contributed by atoms with Crippen LogP contribution in [0.2, 0.25) is 0 Å². The first-order valence-electron chi connectivity index (χ1n) is 8.35. The van der Waals surface area contributed by atoms with Crippen molar-refractivity contribution in [2.75, 3.05) is 0 Å². The lowest BCUT2D eigenvalue weighted by atomic mass is 10.1. The molecule has 0 saturated heterocycles. The predicted molar refractivity (Wildman–Crippen MR) is 106 cm³/mol. The molecule has 128 valence electrons. The Hall–Kier alpha value is -2.98. The summed E-state index contributed by atoms with van der Waals surface area (Å²) >= 11 is 1.66. The third-order valence-corrected chi connectivity index (χ3v) is 5.21. The van der Waals surface area contributed by atoms with E-state index in [4.69, 9.17) is 4.74 Å². The highest BCUT2D eigenvalue weighted by Crippen LogP contribution is 2.31. The Labute approximate surface area is 155 Å². The van der Waals surface area contributed by atoms with Gasteiger partial charge in [-0.3, -0.25) is 0 Å². The number of carbonyl (C=O) groups is 1. The van der Waals surface area contributed by atoms with Gasteiger partial charge in [-0.1, -0.05) is 23.8 Å². The molecule has 3 aromatic carbocycles. The summed E-state index contributed by atoms with van der Waals surface area (Å²) in [6.45, 7) is 4.06. The maximum atomic E-state index is 12.2. The van der Waals surface area contributed by atoms with Gasteiger partial charge in [0.05, 0.1) is 15.8 Å². The van der Waals surface area contributed by atoms with Crippen molar-refractivity contribution < 1.29 is 9.53 Å². The molecule has 4 aromatic rings. The summed E-state index contributed by atoms with van der Waals surface area (Å²) in [4.78, 5) is 16.9. The monoisotopic (exact) mass is 359 g/mol. The van der Waals surface area contributed by atoms with E-state index < -0.39 is 0 Å². The number of aromatic nitrogens is 1. The van der Waals surface area contributed by atoms with Crippen LogP contribution in [0.25, 0.3) is 20.8 Å². The Bertz CT molecular complexity index is 1080. The molecule has 1 heterocycles. The Morgan fingerprint density at radius 3 is 2.31 bits per heavy atom. The third-order valence-electron chi connectivity index (χ3n) is 4.14. The van der Waals surface area contributed by atoms with Gasteiger partial charge in [0.15, 0.2) is 0 Å². The van der Waals surface area contributed by atoms with Gasteiger partial charge < -0.3 is 4.74 Å². The highest BCUT2D eigenvalue weighted by Gasteiger charge is 2.10. The van der Waals surface area contributed by atoms with Gasteiger partial charge in [0.25, 0.3) is 0 Å². The molecule has 3 nitrogen and oxygen atoms in total. The van der Waals surface area contributed by atoms with E-state index in [0.29, 0.717) is 11.3 Å². The first-order valence-corrected chi connectivity index (χ1v) is 9.17. The van der Waals surface area contributed by atoms with Gasteiger partial charge in [0, 0.05) is 5.56 Å². The normalized spacial score (nSPS) is 10.8. The van der Waals surface area contributed by atoms with Crippen molar-refractivity contribution in [2.45, 2.75) is 13.8 Å². The molecule has 0 aliphatic rings. The lowest BCUT2D eigenvalue weighted by Crippen LogP contribution is -2.08. The molecule has 0 N–H and O–H groups in total. The van der Waals surface area contributed by atoms with Crippen molar-refractivity contribution in [2.24, 2.45) is 0 Å². The summed E-state index contributed by atoms with van der Waals surface area (Å²) in [5.74, 6) is 0.171. The van der Waals surface area contributed by atoms with Crippen LogP contribution in [0.15, 0.2) is 66.7 Å². The fourth-order valence-corrected chi connectivity index (χ4v) is 3.75. The molecule has 4 rings (SSSR count). The number of nitrogens with zero attached hydrogens (tertiary/aromatic N) is 1. The number of aryl methyl sites for hydroxylation is 2. The minimum absolute atomic E-state index is 0.354. The predicted octanol–water partition coefficient (Wildman–Crippen LogP) is 5.80. The summed E-state index contributed by atoms with van der Waals surface area (Å²) in [6.07, 6.45) is 0. The van der Waals surface area contributed by atoms with E-state index in [2.05, 4.69) is 24.0 Å². The summed E-state index contributed by atoms with van der Waals surface area (Å²) < 4.78 is 6.63. The molecule has 0 bridgehead atoms. The summed E-state index contributed by atoms with van der Waals surface area (Å²) in [5, 5.41) is 0.960. The van der Waals surface area contributed by atoms with Gasteiger partial charge in [0.2, 0.25) is 0 Å². The van der Waals surface area contributed by atoms with Crippen molar-refractivity contribution in [3.63, 3.8) is 0 Å². The van der Waals surface area contributed by atoms with E-state index in [1.54, 1.807) is 35.6 Å². The quantitative estimate of drug-likeness (QED) is 0.343. The average Bonchev–Trinajstić information content (AvgIpc) is 3.06. The number of rotatable bonds is 3. The number of fused-ring (bicyclic) bond motifs is 1. The summed E-state index contributed by atoms with van der Waals surface area (Å²) in [7, 11) is 0. The first kappa shape index (κ1) is 16.5. The Kier molecular flexibility index (Phi) is 4.27. The molecule has 0 aliphatic heterocycles. The van der Waals surface area contributed by atoms with Crippen LogP contribution in [0, 0.1) is 13.8 Å². The zero-order chi connectivity index (χ0) is 18.1. The van der Waals surface area contributed by atoms with Crippen molar-refractivity contribution in [1.82, 2.24) is 4.98 Å². The maximum absolute atomic E-state index is 12.2. The second-order valence-electron chi connectivity index (χ2n) is 6.27. The first-order chi connectivity index (χ1) is 12.6. The van der Waals surface area contributed by atoms with Crippen LogP contribution in [0.4, 0.5) is 0 Å². The molecule has 26 heavy (non-hydrogen) atoms. The van der Waals surface area contributed by atoms with E-state index >= 15 is 0 Å². The zero-order valence-electron chi connectivity index (χ0n) is 14.5. The van der Waals surface area contributed by atoms with Gasteiger partial charge in [-0.25, -0.2) is 9.78 Å². The SMILES string of the molecule is Cc1ccc(C(=O)Oc2ccc(-c3nc4ccc(C)cc4s3)cc2)cc1. The molecule has 0 fully saturated rings. The van der Waals surface area contributed by atoms with Crippen LogP contribution < -0.4 is 4.74 Å². The van der Waals surface area contributed by atoms with Crippen LogP contribution in [0.5, 0.6) is 5.75 Å². The van der Waals surface area contributed by atoms with Crippen LogP contribution in [0.1, 0.15) is 21.5 Å². The summed E-state index contributed by atoms with van der Waals surface area (Å²) in [6, 6.07) is 21.1. The Morgan fingerprint density at radius 2 is 1.58 bits per heavy atom. The van der Waals surface area contributed by atoms with Crippen molar-refractivity contribution in [3.05, 3.63) is 83.4 Å². The molecule has 0 saturated carbocycles.